The SMILES string of the molecule is CCCCNC(=O)Nc1ccc2ccn(Cc3ccc(C(=O)OC)cc3OC)c2c1. The predicted octanol–water partition coefficient (Wildman–Crippen LogP) is 4.41. The number of anilines is 1. The fourth-order valence-electron chi connectivity index (χ4n) is 3.26. The molecule has 3 rings (SSSR count). The molecule has 0 aliphatic rings. The minimum absolute atomic E-state index is 0.207. The van der Waals surface area contributed by atoms with Crippen molar-refractivity contribution < 1.29 is 19.1 Å². The summed E-state index contributed by atoms with van der Waals surface area (Å²) >= 11 is 0. The van der Waals surface area contributed by atoms with Crippen molar-refractivity contribution in [2.24, 2.45) is 0 Å². The number of carbonyl (C=O) groups excluding carboxylic acids is 2. The van der Waals surface area contributed by atoms with Gasteiger partial charge in [-0.2, -0.15) is 0 Å². The zero-order chi connectivity index (χ0) is 21.5. The lowest BCUT2D eigenvalue weighted by atomic mass is 10.1. The maximum atomic E-state index is 12.0. The van der Waals surface area contributed by atoms with Gasteiger partial charge >= 0.3 is 12.0 Å². The average Bonchev–Trinajstić information content (AvgIpc) is 3.15. The summed E-state index contributed by atoms with van der Waals surface area (Å²) in [6, 6.07) is 12.9. The normalized spacial score (nSPS) is 10.6. The third-order valence-corrected chi connectivity index (χ3v) is 4.90. The van der Waals surface area contributed by atoms with E-state index in [2.05, 4.69) is 22.1 Å². The number of nitrogens with one attached hydrogen (secondary N) is 2. The van der Waals surface area contributed by atoms with Crippen molar-refractivity contribution >= 4 is 28.6 Å². The summed E-state index contributed by atoms with van der Waals surface area (Å²) in [5.41, 5.74) is 3.08. The Bertz CT molecular complexity index is 1040. The number of benzene rings is 2. The quantitative estimate of drug-likeness (QED) is 0.427. The molecule has 158 valence electrons. The summed E-state index contributed by atoms with van der Waals surface area (Å²) in [6.45, 7) is 3.29. The van der Waals surface area contributed by atoms with Crippen LogP contribution in [0.2, 0.25) is 0 Å². The van der Waals surface area contributed by atoms with Crippen molar-refractivity contribution in [2.75, 3.05) is 26.1 Å². The Morgan fingerprint density at radius 3 is 2.63 bits per heavy atom. The molecular formula is C23H27N3O4. The van der Waals surface area contributed by atoms with Crippen LogP contribution in [0, 0.1) is 0 Å². The number of nitrogens with zero attached hydrogens (tertiary/aromatic N) is 1. The zero-order valence-corrected chi connectivity index (χ0v) is 17.5. The molecule has 1 aromatic heterocycles. The maximum Gasteiger partial charge on any atom is 0.337 e. The highest BCUT2D eigenvalue weighted by atomic mass is 16.5. The Morgan fingerprint density at radius 2 is 1.90 bits per heavy atom. The summed E-state index contributed by atoms with van der Waals surface area (Å²) in [5, 5.41) is 6.80. The van der Waals surface area contributed by atoms with Gasteiger partial charge in [-0.15, -0.1) is 0 Å². The molecule has 2 aromatic carbocycles. The third kappa shape index (κ3) is 4.92. The van der Waals surface area contributed by atoms with E-state index in [1.54, 1.807) is 19.2 Å². The van der Waals surface area contributed by atoms with Crippen molar-refractivity contribution in [3.63, 3.8) is 0 Å². The van der Waals surface area contributed by atoms with Gasteiger partial charge in [-0.25, -0.2) is 9.59 Å². The van der Waals surface area contributed by atoms with E-state index < -0.39 is 5.97 Å². The van der Waals surface area contributed by atoms with E-state index in [-0.39, 0.29) is 6.03 Å². The summed E-state index contributed by atoms with van der Waals surface area (Å²) < 4.78 is 12.3. The van der Waals surface area contributed by atoms with Crippen LogP contribution in [0.15, 0.2) is 48.7 Å². The topological polar surface area (TPSA) is 81.6 Å². The number of hydrogen-bond acceptors (Lipinski definition) is 4. The van der Waals surface area contributed by atoms with Gasteiger partial charge in [0.2, 0.25) is 0 Å². The predicted molar refractivity (Wildman–Crippen MR) is 117 cm³/mol. The number of fused-ring (bicyclic) bond motifs is 1. The van der Waals surface area contributed by atoms with Crippen LogP contribution in [-0.4, -0.2) is 37.3 Å². The van der Waals surface area contributed by atoms with Gasteiger partial charge in [0.1, 0.15) is 5.75 Å². The Morgan fingerprint density at radius 1 is 1.07 bits per heavy atom. The Balaban J connectivity index is 1.81. The van der Waals surface area contributed by atoms with Gasteiger partial charge in [0.05, 0.1) is 31.8 Å². The molecule has 1 heterocycles. The molecule has 0 aliphatic heterocycles. The summed E-state index contributed by atoms with van der Waals surface area (Å²) in [6.07, 6.45) is 3.97. The van der Waals surface area contributed by atoms with Crippen LogP contribution in [0.3, 0.4) is 0 Å². The first-order valence-electron chi connectivity index (χ1n) is 9.94. The van der Waals surface area contributed by atoms with Gasteiger partial charge in [-0.3, -0.25) is 0 Å². The third-order valence-electron chi connectivity index (χ3n) is 4.90. The Kier molecular flexibility index (Phi) is 6.95. The van der Waals surface area contributed by atoms with Crippen LogP contribution in [0.25, 0.3) is 10.9 Å². The van der Waals surface area contributed by atoms with E-state index >= 15 is 0 Å². The first-order valence-corrected chi connectivity index (χ1v) is 9.94. The molecule has 0 aliphatic carbocycles. The van der Waals surface area contributed by atoms with E-state index in [9.17, 15) is 9.59 Å². The van der Waals surface area contributed by atoms with Crippen LogP contribution < -0.4 is 15.4 Å². The van der Waals surface area contributed by atoms with Crippen LogP contribution in [0.4, 0.5) is 10.5 Å². The van der Waals surface area contributed by atoms with Gasteiger partial charge < -0.3 is 24.7 Å². The fraction of sp³-hybridized carbons (Fsp3) is 0.304. The van der Waals surface area contributed by atoms with Crippen LogP contribution in [0.1, 0.15) is 35.7 Å². The minimum atomic E-state index is -0.404. The number of amides is 2. The second kappa shape index (κ2) is 9.82. The minimum Gasteiger partial charge on any atom is -0.496 e. The number of carbonyl (C=O) groups is 2. The molecule has 0 saturated heterocycles. The van der Waals surface area contributed by atoms with Crippen molar-refractivity contribution in [3.05, 3.63) is 59.8 Å². The van der Waals surface area contributed by atoms with Crippen molar-refractivity contribution in [2.45, 2.75) is 26.3 Å². The number of hydrogen-bond donors (Lipinski definition) is 2. The number of ether oxygens (including phenoxy) is 2. The summed E-state index contributed by atoms with van der Waals surface area (Å²) in [7, 11) is 2.93. The van der Waals surface area contributed by atoms with Crippen molar-refractivity contribution in [1.82, 2.24) is 9.88 Å². The van der Waals surface area contributed by atoms with Gasteiger partial charge in [0, 0.05) is 24.0 Å². The lowest BCUT2D eigenvalue weighted by molar-refractivity contribution is 0.0600. The van der Waals surface area contributed by atoms with Crippen LogP contribution >= 0.6 is 0 Å². The Hall–Kier alpha value is -3.48. The molecule has 7 heteroatoms. The molecule has 0 saturated carbocycles. The van der Waals surface area contributed by atoms with Crippen molar-refractivity contribution in [3.8, 4) is 5.75 Å². The average molecular weight is 409 g/mol. The zero-order valence-electron chi connectivity index (χ0n) is 17.5. The molecule has 0 bridgehead atoms. The van der Waals surface area contributed by atoms with Crippen LogP contribution in [0.5, 0.6) is 5.75 Å². The smallest absolute Gasteiger partial charge is 0.337 e. The fourth-order valence-corrected chi connectivity index (χ4v) is 3.26. The number of rotatable bonds is 8. The van der Waals surface area contributed by atoms with Crippen molar-refractivity contribution in [1.29, 1.82) is 0 Å². The summed E-state index contributed by atoms with van der Waals surface area (Å²) in [4.78, 5) is 23.8. The second-order valence-corrected chi connectivity index (χ2v) is 6.97. The molecule has 0 fully saturated rings. The number of unbranched alkanes of at least 4 members (excludes halogenated alkanes) is 1. The molecule has 0 unspecified atom stereocenters. The van der Waals surface area contributed by atoms with E-state index in [1.165, 1.54) is 7.11 Å². The molecule has 3 aromatic rings. The van der Waals surface area contributed by atoms with Gasteiger partial charge in [0.25, 0.3) is 0 Å². The number of aromatic nitrogens is 1. The lowest BCUT2D eigenvalue weighted by Crippen LogP contribution is -2.29. The van der Waals surface area contributed by atoms with Crippen LogP contribution in [-0.2, 0) is 11.3 Å². The molecule has 0 atom stereocenters. The van der Waals surface area contributed by atoms with Gasteiger partial charge in [-0.05, 0) is 42.1 Å². The highest BCUT2D eigenvalue weighted by Gasteiger charge is 2.12. The lowest BCUT2D eigenvalue weighted by Gasteiger charge is -2.13. The van der Waals surface area contributed by atoms with E-state index in [1.807, 2.05) is 36.5 Å². The molecular weight excluding hydrogens is 382 g/mol. The molecule has 7 nitrogen and oxygen atoms in total. The first kappa shape index (κ1) is 21.2. The molecule has 2 amide bonds. The first-order chi connectivity index (χ1) is 14.5. The number of methoxy groups -OCH3 is 2. The van der Waals surface area contributed by atoms with E-state index in [0.717, 1.165) is 35.0 Å². The van der Waals surface area contributed by atoms with E-state index in [4.69, 9.17) is 9.47 Å². The summed E-state index contributed by atoms with van der Waals surface area (Å²) in [5.74, 6) is 0.212. The highest BCUT2D eigenvalue weighted by Crippen LogP contribution is 2.26. The maximum absolute atomic E-state index is 12.0. The van der Waals surface area contributed by atoms with Gasteiger partial charge in [0.15, 0.2) is 0 Å². The second-order valence-electron chi connectivity index (χ2n) is 6.97. The van der Waals surface area contributed by atoms with E-state index in [0.29, 0.717) is 24.4 Å². The largest absolute Gasteiger partial charge is 0.496 e. The molecule has 0 spiro atoms. The molecule has 0 radical (unpaired) electrons. The standard InChI is InChI=1S/C23H27N3O4/c1-4-5-11-24-23(28)25-19-9-8-16-10-12-26(20(16)14-19)15-18-7-6-17(22(27)30-3)13-21(18)29-2/h6-10,12-14H,4-5,11,15H2,1-3H3,(H2,24,25,28). The number of esters is 1. The number of urea groups is 1. The molecule has 2 N–H and O–H groups in total. The monoisotopic (exact) mass is 409 g/mol. The highest BCUT2D eigenvalue weighted by molar-refractivity contribution is 5.93. The van der Waals surface area contributed by atoms with Gasteiger partial charge in [-0.1, -0.05) is 25.5 Å². The Labute approximate surface area is 176 Å². The molecule has 30 heavy (non-hydrogen) atoms.